The molecular formula is C18H18F2N4. The van der Waals surface area contributed by atoms with Crippen molar-refractivity contribution in [3.63, 3.8) is 0 Å². The van der Waals surface area contributed by atoms with Crippen LogP contribution in [0.3, 0.4) is 0 Å². The van der Waals surface area contributed by atoms with Gasteiger partial charge in [-0.15, -0.1) is 0 Å². The maximum atomic E-state index is 14.9. The Bertz CT molecular complexity index is 917. The van der Waals surface area contributed by atoms with Crippen molar-refractivity contribution in [3.05, 3.63) is 47.9 Å². The summed E-state index contributed by atoms with van der Waals surface area (Å²) in [7, 11) is 0. The van der Waals surface area contributed by atoms with Crippen LogP contribution < -0.4 is 0 Å². The van der Waals surface area contributed by atoms with Gasteiger partial charge in [-0.05, 0) is 32.0 Å². The average Bonchev–Trinajstić information content (AvgIpc) is 2.87. The van der Waals surface area contributed by atoms with E-state index in [1.807, 2.05) is 4.57 Å². The first-order valence-corrected chi connectivity index (χ1v) is 8.08. The summed E-state index contributed by atoms with van der Waals surface area (Å²) in [4.78, 5) is 10.7. The highest BCUT2D eigenvalue weighted by atomic mass is 19.1. The Morgan fingerprint density at radius 2 is 2.00 bits per heavy atom. The number of hydrogen-bond acceptors (Lipinski definition) is 3. The zero-order valence-corrected chi connectivity index (χ0v) is 13.6. The molecule has 0 aromatic carbocycles. The third-order valence-corrected chi connectivity index (χ3v) is 4.66. The van der Waals surface area contributed by atoms with Gasteiger partial charge in [-0.1, -0.05) is 0 Å². The summed E-state index contributed by atoms with van der Waals surface area (Å²) in [5.74, 6) is -0.699. The molecular weight excluding hydrogens is 310 g/mol. The van der Waals surface area contributed by atoms with Crippen molar-refractivity contribution in [2.24, 2.45) is 0 Å². The summed E-state index contributed by atoms with van der Waals surface area (Å²) in [5.41, 5.74) is 1.95. The third-order valence-electron chi connectivity index (χ3n) is 4.66. The van der Waals surface area contributed by atoms with E-state index in [0.717, 1.165) is 6.54 Å². The van der Waals surface area contributed by atoms with Gasteiger partial charge >= 0.3 is 0 Å². The van der Waals surface area contributed by atoms with Crippen LogP contribution in [0.5, 0.6) is 0 Å². The molecule has 0 amide bonds. The molecule has 1 aliphatic rings. The highest BCUT2D eigenvalue weighted by Crippen LogP contribution is 2.31. The largest absolute Gasteiger partial charge is 0.324 e. The molecule has 0 aliphatic carbocycles. The molecule has 0 saturated carbocycles. The molecule has 0 saturated heterocycles. The fourth-order valence-corrected chi connectivity index (χ4v) is 3.30. The molecule has 3 aromatic rings. The van der Waals surface area contributed by atoms with Crippen LogP contribution in [0.1, 0.15) is 19.5 Å². The van der Waals surface area contributed by atoms with Gasteiger partial charge in [0.15, 0.2) is 5.82 Å². The summed E-state index contributed by atoms with van der Waals surface area (Å²) in [6, 6.07) is 4.88. The predicted molar refractivity (Wildman–Crippen MR) is 88.4 cm³/mol. The van der Waals surface area contributed by atoms with E-state index in [1.165, 1.54) is 18.3 Å². The van der Waals surface area contributed by atoms with Crippen molar-refractivity contribution in [1.29, 1.82) is 0 Å². The van der Waals surface area contributed by atoms with Crippen molar-refractivity contribution in [2.45, 2.75) is 33.0 Å². The van der Waals surface area contributed by atoms with Crippen molar-refractivity contribution in [3.8, 4) is 11.3 Å². The van der Waals surface area contributed by atoms with E-state index in [2.05, 4.69) is 28.7 Å². The Morgan fingerprint density at radius 3 is 2.75 bits per heavy atom. The summed E-state index contributed by atoms with van der Waals surface area (Å²) >= 11 is 0. The van der Waals surface area contributed by atoms with Crippen LogP contribution in [-0.4, -0.2) is 32.0 Å². The van der Waals surface area contributed by atoms with E-state index < -0.39 is 5.82 Å². The molecule has 0 spiro atoms. The zero-order valence-electron chi connectivity index (χ0n) is 13.6. The Kier molecular flexibility index (Phi) is 3.57. The number of pyridine rings is 2. The summed E-state index contributed by atoms with van der Waals surface area (Å²) in [5, 5.41) is 0.429. The number of aromatic nitrogens is 3. The van der Waals surface area contributed by atoms with Crippen LogP contribution in [0.2, 0.25) is 0 Å². The Labute approximate surface area is 138 Å². The molecule has 4 rings (SSSR count). The molecule has 0 bridgehead atoms. The molecule has 6 heteroatoms. The molecule has 4 heterocycles. The van der Waals surface area contributed by atoms with Crippen LogP contribution in [0.4, 0.5) is 8.78 Å². The highest BCUT2D eigenvalue weighted by Gasteiger charge is 2.26. The number of halogens is 2. The van der Waals surface area contributed by atoms with Crippen LogP contribution in [0.15, 0.2) is 30.6 Å². The van der Waals surface area contributed by atoms with E-state index in [9.17, 15) is 8.78 Å². The van der Waals surface area contributed by atoms with Crippen LogP contribution in [0, 0.1) is 11.6 Å². The summed E-state index contributed by atoms with van der Waals surface area (Å²) in [6.45, 7) is 6.35. The van der Waals surface area contributed by atoms with Gasteiger partial charge < -0.3 is 4.57 Å². The van der Waals surface area contributed by atoms with Crippen LogP contribution >= 0.6 is 0 Å². The van der Waals surface area contributed by atoms with E-state index in [4.69, 9.17) is 0 Å². The lowest BCUT2D eigenvalue weighted by Gasteiger charge is -2.31. The Balaban J connectivity index is 1.85. The molecule has 4 nitrogen and oxygen atoms in total. The monoisotopic (exact) mass is 328 g/mol. The first kappa shape index (κ1) is 15.2. The number of fused-ring (bicyclic) bond motifs is 3. The lowest BCUT2D eigenvalue weighted by molar-refractivity contribution is 0.175. The minimum Gasteiger partial charge on any atom is -0.324 e. The quantitative estimate of drug-likeness (QED) is 0.721. The molecule has 0 radical (unpaired) electrons. The van der Waals surface area contributed by atoms with Gasteiger partial charge in [0.25, 0.3) is 0 Å². The van der Waals surface area contributed by atoms with Crippen molar-refractivity contribution < 1.29 is 8.78 Å². The van der Waals surface area contributed by atoms with Crippen molar-refractivity contribution in [2.75, 3.05) is 6.54 Å². The lowest BCUT2D eigenvalue weighted by Crippen LogP contribution is -2.38. The van der Waals surface area contributed by atoms with E-state index in [0.29, 0.717) is 41.4 Å². The topological polar surface area (TPSA) is 34.0 Å². The maximum absolute atomic E-state index is 14.9. The first-order valence-electron chi connectivity index (χ1n) is 8.08. The minimum atomic E-state index is -0.436. The molecule has 0 fully saturated rings. The van der Waals surface area contributed by atoms with Gasteiger partial charge in [0.1, 0.15) is 17.2 Å². The fraction of sp³-hybridized carbons (Fsp3) is 0.333. The molecule has 124 valence electrons. The molecule has 0 unspecified atom stereocenters. The molecule has 24 heavy (non-hydrogen) atoms. The van der Waals surface area contributed by atoms with Gasteiger partial charge in [0.2, 0.25) is 0 Å². The summed E-state index contributed by atoms with van der Waals surface area (Å²) in [6.07, 6.45) is 3.08. The van der Waals surface area contributed by atoms with Crippen LogP contribution in [0.25, 0.3) is 22.3 Å². The smallest absolute Gasteiger partial charge is 0.154 e. The zero-order chi connectivity index (χ0) is 16.8. The Morgan fingerprint density at radius 1 is 1.17 bits per heavy atom. The molecule has 0 N–H and O–H groups in total. The number of hydrogen-bond donors (Lipinski definition) is 0. The maximum Gasteiger partial charge on any atom is 0.154 e. The second-order valence-electron chi connectivity index (χ2n) is 6.41. The summed E-state index contributed by atoms with van der Waals surface area (Å²) < 4.78 is 30.8. The number of rotatable bonds is 2. The molecule has 1 aliphatic heterocycles. The van der Waals surface area contributed by atoms with Gasteiger partial charge in [-0.2, -0.15) is 0 Å². The Hall–Kier alpha value is -2.34. The third kappa shape index (κ3) is 2.29. The average molecular weight is 328 g/mol. The fourth-order valence-electron chi connectivity index (χ4n) is 3.30. The van der Waals surface area contributed by atoms with Gasteiger partial charge in [-0.25, -0.2) is 13.8 Å². The predicted octanol–water partition coefficient (Wildman–Crippen LogP) is 3.60. The highest BCUT2D eigenvalue weighted by molar-refractivity contribution is 5.83. The second kappa shape index (κ2) is 5.63. The van der Waals surface area contributed by atoms with Crippen LogP contribution in [-0.2, 0) is 13.1 Å². The first-order chi connectivity index (χ1) is 11.6. The minimum absolute atomic E-state index is 0.194. The SMILES string of the molecule is CC(C)N1CCn2c(c(F)c3cc(-c4ncccc4F)cnc32)C1. The number of nitrogens with zero attached hydrogens (tertiary/aromatic N) is 4. The van der Waals surface area contributed by atoms with Gasteiger partial charge in [0, 0.05) is 43.6 Å². The van der Waals surface area contributed by atoms with Gasteiger partial charge in [0.05, 0.1) is 11.1 Å². The van der Waals surface area contributed by atoms with Crippen molar-refractivity contribution in [1.82, 2.24) is 19.4 Å². The normalized spacial score (nSPS) is 15.2. The van der Waals surface area contributed by atoms with Crippen molar-refractivity contribution >= 4 is 11.0 Å². The van der Waals surface area contributed by atoms with E-state index in [-0.39, 0.29) is 11.5 Å². The molecule has 3 aromatic heterocycles. The standard InChI is InChI=1S/C18H18F2N4/c1-11(2)23-6-7-24-15(10-23)16(20)13-8-12(9-22-18(13)24)17-14(19)4-3-5-21-17/h3-5,8-9,11H,6-7,10H2,1-2H3. The van der Waals surface area contributed by atoms with Gasteiger partial charge in [-0.3, -0.25) is 9.88 Å². The van der Waals surface area contributed by atoms with E-state index in [1.54, 1.807) is 12.3 Å². The second-order valence-corrected chi connectivity index (χ2v) is 6.41. The molecule has 0 atom stereocenters. The van der Waals surface area contributed by atoms with E-state index >= 15 is 0 Å². The lowest BCUT2D eigenvalue weighted by atomic mass is 10.1.